The summed E-state index contributed by atoms with van der Waals surface area (Å²) in [5.41, 5.74) is 1.55. The molecule has 0 unspecified atom stereocenters. The van der Waals surface area contributed by atoms with E-state index in [1.54, 1.807) is 12.1 Å². The fourth-order valence-electron chi connectivity index (χ4n) is 3.24. The van der Waals surface area contributed by atoms with E-state index in [9.17, 15) is 21.9 Å². The zero-order valence-electron chi connectivity index (χ0n) is 24.8. The summed E-state index contributed by atoms with van der Waals surface area (Å²) in [4.78, 5) is 4.04. The Labute approximate surface area is 245 Å². The Morgan fingerprint density at radius 2 is 1.24 bits per heavy atom. The fraction of sp³-hybridized carbons (Fsp3) is 0.429. The molecule has 0 spiro atoms. The Hall–Kier alpha value is -2.94. The lowest BCUT2D eigenvalue weighted by Gasteiger charge is -2.08. The van der Waals surface area contributed by atoms with Crippen LogP contribution in [0.3, 0.4) is 0 Å². The molecule has 0 radical (unpaired) electrons. The van der Waals surface area contributed by atoms with Crippen LogP contribution in [0.4, 0.5) is 11.4 Å². The number of nitrogens with one attached hydrogen (secondary N) is 2. The molecule has 0 aliphatic carbocycles. The van der Waals surface area contributed by atoms with Crippen molar-refractivity contribution in [2.24, 2.45) is 10.2 Å². The lowest BCUT2D eigenvalue weighted by Crippen LogP contribution is -2.25. The minimum atomic E-state index is -2.99. The third kappa shape index (κ3) is 18.9. The van der Waals surface area contributed by atoms with Crippen LogP contribution in [0.1, 0.15) is 12.8 Å². The molecule has 0 atom stereocenters. The van der Waals surface area contributed by atoms with Crippen molar-refractivity contribution in [3.63, 3.8) is 0 Å². The number of sulfonamides is 2. The van der Waals surface area contributed by atoms with Gasteiger partial charge in [0, 0.05) is 18.5 Å². The van der Waals surface area contributed by atoms with E-state index in [1.807, 2.05) is 92.6 Å². The van der Waals surface area contributed by atoms with E-state index in [2.05, 4.69) is 19.7 Å². The SMILES string of the molecule is CN(C)CCCNS(C)(=O)=O.CN(C)CCCNS(C)(=O)=O.Oc1ccc2cccc(N=Nc3ccccc3)c2c1. The molecule has 0 heterocycles. The zero-order valence-corrected chi connectivity index (χ0v) is 26.4. The quantitative estimate of drug-likeness (QED) is 0.209. The van der Waals surface area contributed by atoms with Crippen LogP contribution >= 0.6 is 0 Å². The third-order valence-corrected chi connectivity index (χ3v) is 6.62. The molecule has 0 amide bonds. The van der Waals surface area contributed by atoms with Crippen molar-refractivity contribution in [2.75, 3.05) is 66.9 Å². The lowest BCUT2D eigenvalue weighted by atomic mass is 10.1. The first-order chi connectivity index (χ1) is 19.2. The normalized spacial score (nSPS) is 11.8. The first-order valence-electron chi connectivity index (χ1n) is 13.0. The van der Waals surface area contributed by atoms with Crippen LogP contribution < -0.4 is 9.44 Å². The Kier molecular flexibility index (Phi) is 16.3. The number of benzene rings is 3. The maximum Gasteiger partial charge on any atom is 0.208 e. The van der Waals surface area contributed by atoms with Crippen molar-refractivity contribution in [3.8, 4) is 5.75 Å². The highest BCUT2D eigenvalue weighted by Gasteiger charge is 2.01. The van der Waals surface area contributed by atoms with Crippen molar-refractivity contribution in [1.82, 2.24) is 19.2 Å². The van der Waals surface area contributed by atoms with Crippen LogP contribution in [-0.4, -0.2) is 98.6 Å². The molecule has 0 saturated heterocycles. The molecule has 0 aromatic heterocycles. The van der Waals surface area contributed by atoms with Gasteiger partial charge in [0.05, 0.1) is 23.9 Å². The average molecular weight is 609 g/mol. The second-order valence-corrected chi connectivity index (χ2v) is 13.5. The molecular formula is C28H44N6O5S2. The topological polar surface area (TPSA) is 144 Å². The van der Waals surface area contributed by atoms with Crippen molar-refractivity contribution >= 4 is 42.2 Å². The maximum absolute atomic E-state index is 10.6. The number of aromatic hydroxyl groups is 1. The van der Waals surface area contributed by atoms with E-state index in [0.717, 1.165) is 48.1 Å². The first-order valence-corrected chi connectivity index (χ1v) is 16.8. The van der Waals surface area contributed by atoms with Crippen LogP contribution in [0, 0.1) is 0 Å². The van der Waals surface area contributed by atoms with Crippen molar-refractivity contribution in [1.29, 1.82) is 0 Å². The highest BCUT2D eigenvalue weighted by Crippen LogP contribution is 2.30. The fourth-order valence-corrected chi connectivity index (χ4v) is 4.27. The standard InChI is InChI=1S/C16H12N2O.2C6H16N2O2S/c19-14-10-9-12-5-4-8-16(15(12)11-14)18-17-13-6-2-1-3-7-13;2*1-8(2)6-4-5-7-11(3,9)10/h1-11,19H;2*7H,4-6H2,1-3H3. The van der Waals surface area contributed by atoms with Gasteiger partial charge < -0.3 is 14.9 Å². The minimum absolute atomic E-state index is 0.231. The summed E-state index contributed by atoms with van der Waals surface area (Å²) >= 11 is 0. The molecule has 3 N–H and O–H groups in total. The van der Waals surface area contributed by atoms with E-state index in [4.69, 9.17) is 0 Å². The van der Waals surface area contributed by atoms with E-state index in [-0.39, 0.29) is 5.75 Å². The van der Waals surface area contributed by atoms with Gasteiger partial charge >= 0.3 is 0 Å². The van der Waals surface area contributed by atoms with Crippen LogP contribution in [0.25, 0.3) is 10.8 Å². The van der Waals surface area contributed by atoms with Gasteiger partial charge in [0.15, 0.2) is 0 Å². The summed E-state index contributed by atoms with van der Waals surface area (Å²) in [6.07, 6.45) is 4.03. The summed E-state index contributed by atoms with van der Waals surface area (Å²) in [5, 5.41) is 19.9. The second kappa shape index (κ2) is 18.5. The van der Waals surface area contributed by atoms with E-state index in [0.29, 0.717) is 13.1 Å². The summed E-state index contributed by atoms with van der Waals surface area (Å²) in [6, 6.07) is 20.6. The summed E-state index contributed by atoms with van der Waals surface area (Å²) in [6.45, 7) is 2.86. The highest BCUT2D eigenvalue weighted by molar-refractivity contribution is 7.89. The summed E-state index contributed by atoms with van der Waals surface area (Å²) in [5.74, 6) is 0.231. The average Bonchev–Trinajstić information content (AvgIpc) is 2.88. The number of fused-ring (bicyclic) bond motifs is 1. The minimum Gasteiger partial charge on any atom is -0.508 e. The van der Waals surface area contributed by atoms with Gasteiger partial charge in [0.25, 0.3) is 0 Å². The molecule has 0 aliphatic heterocycles. The van der Waals surface area contributed by atoms with Crippen LogP contribution in [-0.2, 0) is 20.0 Å². The van der Waals surface area contributed by atoms with Crippen LogP contribution in [0.15, 0.2) is 77.0 Å². The highest BCUT2D eigenvalue weighted by atomic mass is 32.2. The van der Waals surface area contributed by atoms with Gasteiger partial charge in [0.1, 0.15) is 5.75 Å². The van der Waals surface area contributed by atoms with Gasteiger partial charge in [-0.25, -0.2) is 26.3 Å². The largest absolute Gasteiger partial charge is 0.508 e. The Balaban J connectivity index is 0.000000332. The van der Waals surface area contributed by atoms with Crippen molar-refractivity contribution in [2.45, 2.75) is 12.8 Å². The Morgan fingerprint density at radius 1 is 0.707 bits per heavy atom. The van der Waals surface area contributed by atoms with Crippen molar-refractivity contribution < 1.29 is 21.9 Å². The number of nitrogens with zero attached hydrogens (tertiary/aromatic N) is 4. The van der Waals surface area contributed by atoms with Crippen LogP contribution in [0.5, 0.6) is 5.75 Å². The summed E-state index contributed by atoms with van der Waals surface area (Å²) in [7, 11) is 1.85. The zero-order chi connectivity index (χ0) is 30.9. The molecule has 11 nitrogen and oxygen atoms in total. The van der Waals surface area contributed by atoms with Gasteiger partial charge in [-0.1, -0.05) is 36.4 Å². The van der Waals surface area contributed by atoms with Gasteiger partial charge in [-0.05, 0) is 89.8 Å². The lowest BCUT2D eigenvalue weighted by molar-refractivity contribution is 0.400. The first kappa shape index (κ1) is 36.1. The Bertz CT molecular complexity index is 1370. The van der Waals surface area contributed by atoms with Gasteiger partial charge in [-0.15, -0.1) is 5.11 Å². The molecule has 3 aromatic rings. The van der Waals surface area contributed by atoms with Crippen LogP contribution in [0.2, 0.25) is 0 Å². The number of hydrogen-bond donors (Lipinski definition) is 3. The number of phenols is 1. The Morgan fingerprint density at radius 3 is 1.73 bits per heavy atom. The molecule has 0 aliphatic rings. The maximum atomic E-state index is 10.6. The van der Waals surface area contributed by atoms with E-state index in [1.165, 1.54) is 12.5 Å². The molecule has 228 valence electrons. The smallest absolute Gasteiger partial charge is 0.208 e. The molecule has 13 heteroatoms. The molecule has 41 heavy (non-hydrogen) atoms. The molecule has 0 bridgehead atoms. The predicted octanol–water partition coefficient (Wildman–Crippen LogP) is 3.94. The number of phenolic OH excluding ortho intramolecular Hbond substituents is 1. The molecule has 3 aromatic carbocycles. The van der Waals surface area contributed by atoms with Crippen molar-refractivity contribution in [3.05, 3.63) is 66.7 Å². The second-order valence-electron chi connectivity index (χ2n) is 9.86. The van der Waals surface area contributed by atoms with Gasteiger partial charge in [0.2, 0.25) is 20.0 Å². The number of hydrogen-bond acceptors (Lipinski definition) is 9. The predicted molar refractivity (Wildman–Crippen MR) is 168 cm³/mol. The third-order valence-electron chi connectivity index (χ3n) is 5.16. The van der Waals surface area contributed by atoms with Gasteiger partial charge in [-0.2, -0.15) is 5.11 Å². The van der Waals surface area contributed by atoms with E-state index < -0.39 is 20.0 Å². The molecular weight excluding hydrogens is 564 g/mol. The van der Waals surface area contributed by atoms with E-state index >= 15 is 0 Å². The van der Waals surface area contributed by atoms with Gasteiger partial charge in [-0.3, -0.25) is 0 Å². The monoisotopic (exact) mass is 608 g/mol. The number of rotatable bonds is 12. The molecule has 3 rings (SSSR count). The number of azo groups is 1. The summed E-state index contributed by atoms with van der Waals surface area (Å²) < 4.78 is 47.1. The molecule has 0 fully saturated rings. The molecule has 0 saturated carbocycles.